The molecule has 0 aromatic heterocycles. The minimum absolute atomic E-state index is 0.190. The molecule has 0 spiro atoms. The number of likely N-dealkylation sites (N-methyl/N-ethyl adjacent to an activating group) is 1. The molecule has 0 aliphatic carbocycles. The lowest BCUT2D eigenvalue weighted by Gasteiger charge is -2.32. The summed E-state index contributed by atoms with van der Waals surface area (Å²) in [4.78, 5) is 17.0. The highest BCUT2D eigenvalue weighted by Gasteiger charge is 2.24. The summed E-state index contributed by atoms with van der Waals surface area (Å²) in [5.41, 5.74) is 0.719. The van der Waals surface area contributed by atoms with Crippen LogP contribution in [0.5, 0.6) is 5.75 Å². The number of benzene rings is 1. The minimum atomic E-state index is -0.202. The maximum atomic E-state index is 14.2. The molecule has 2 fully saturated rings. The number of hydrogen-bond donors (Lipinski definition) is 1. The first-order valence-electron chi connectivity index (χ1n) is 11.1. The van der Waals surface area contributed by atoms with Crippen LogP contribution in [-0.4, -0.2) is 61.6 Å². The molecule has 0 saturated carbocycles. The number of piperidine rings is 1. The quantitative estimate of drug-likeness (QED) is 0.684. The maximum absolute atomic E-state index is 14.2. The predicted octanol–water partition coefficient (Wildman–Crippen LogP) is 3.43. The van der Waals surface area contributed by atoms with Gasteiger partial charge in [0, 0.05) is 37.2 Å². The zero-order valence-corrected chi connectivity index (χ0v) is 18.0. The van der Waals surface area contributed by atoms with Gasteiger partial charge in [-0.05, 0) is 70.3 Å². The number of methoxy groups -OCH3 is 1. The Balaban J connectivity index is 1.33. The van der Waals surface area contributed by atoms with E-state index in [0.29, 0.717) is 30.7 Å². The van der Waals surface area contributed by atoms with Crippen LogP contribution in [0, 0.1) is 11.7 Å². The Labute approximate surface area is 174 Å². The number of ether oxygens (including phenoxy) is 1. The maximum Gasteiger partial charge on any atom is 0.220 e. The third-order valence-corrected chi connectivity index (χ3v) is 6.58. The molecule has 6 heteroatoms. The highest BCUT2D eigenvalue weighted by Crippen LogP contribution is 2.25. The van der Waals surface area contributed by atoms with Crippen molar-refractivity contribution < 1.29 is 13.9 Å². The third-order valence-electron chi connectivity index (χ3n) is 6.58. The number of amides is 1. The molecule has 1 atom stereocenters. The molecule has 2 aliphatic rings. The minimum Gasteiger partial charge on any atom is -0.497 e. The van der Waals surface area contributed by atoms with E-state index in [1.165, 1.54) is 18.9 Å². The average Bonchev–Trinajstić information content (AvgIpc) is 3.20. The van der Waals surface area contributed by atoms with E-state index < -0.39 is 0 Å². The lowest BCUT2D eigenvalue weighted by molar-refractivity contribution is -0.121. The van der Waals surface area contributed by atoms with Crippen LogP contribution in [0.25, 0.3) is 0 Å². The summed E-state index contributed by atoms with van der Waals surface area (Å²) < 4.78 is 19.2. The molecular weight excluding hydrogens is 369 g/mol. The molecule has 2 heterocycles. The summed E-state index contributed by atoms with van der Waals surface area (Å²) in [5, 5.41) is 3.14. The van der Waals surface area contributed by atoms with Crippen LogP contribution in [-0.2, 0) is 11.3 Å². The van der Waals surface area contributed by atoms with Crippen molar-refractivity contribution >= 4 is 5.91 Å². The third kappa shape index (κ3) is 6.41. The fourth-order valence-corrected chi connectivity index (χ4v) is 4.66. The van der Waals surface area contributed by atoms with Gasteiger partial charge in [-0.1, -0.05) is 13.0 Å². The van der Waals surface area contributed by atoms with Gasteiger partial charge in [0.2, 0.25) is 5.91 Å². The Hall–Kier alpha value is -1.66. The van der Waals surface area contributed by atoms with Gasteiger partial charge in [0.25, 0.3) is 0 Å². The molecule has 162 valence electrons. The summed E-state index contributed by atoms with van der Waals surface area (Å²) in [6.45, 7) is 7.78. The molecule has 3 rings (SSSR count). The number of rotatable bonds is 9. The number of nitrogens with zero attached hydrogens (tertiary/aromatic N) is 2. The molecule has 0 bridgehead atoms. The second-order valence-electron chi connectivity index (χ2n) is 8.44. The first-order chi connectivity index (χ1) is 14.1. The van der Waals surface area contributed by atoms with Gasteiger partial charge in [0.05, 0.1) is 7.11 Å². The molecule has 1 amide bonds. The molecule has 2 aliphatic heterocycles. The summed E-state index contributed by atoms with van der Waals surface area (Å²) in [5.74, 6) is 1.14. The number of carbonyl (C=O) groups is 1. The molecule has 29 heavy (non-hydrogen) atoms. The van der Waals surface area contributed by atoms with Crippen LogP contribution in [0.2, 0.25) is 0 Å². The van der Waals surface area contributed by atoms with Crippen molar-refractivity contribution in [1.82, 2.24) is 15.1 Å². The van der Waals surface area contributed by atoms with Crippen molar-refractivity contribution in [3.8, 4) is 5.75 Å². The first-order valence-corrected chi connectivity index (χ1v) is 11.1. The topological polar surface area (TPSA) is 44.8 Å². The van der Waals surface area contributed by atoms with Gasteiger partial charge in [-0.15, -0.1) is 0 Å². The second-order valence-corrected chi connectivity index (χ2v) is 8.44. The van der Waals surface area contributed by atoms with E-state index in [2.05, 4.69) is 22.0 Å². The summed E-state index contributed by atoms with van der Waals surface area (Å²) >= 11 is 0. The van der Waals surface area contributed by atoms with Gasteiger partial charge >= 0.3 is 0 Å². The van der Waals surface area contributed by atoms with Gasteiger partial charge in [0.1, 0.15) is 11.6 Å². The van der Waals surface area contributed by atoms with Gasteiger partial charge in [-0.3, -0.25) is 14.6 Å². The van der Waals surface area contributed by atoms with E-state index in [9.17, 15) is 9.18 Å². The average molecular weight is 406 g/mol. The van der Waals surface area contributed by atoms with Crippen LogP contribution in [0.1, 0.15) is 51.0 Å². The summed E-state index contributed by atoms with van der Waals surface area (Å²) in [6, 6.07) is 5.60. The van der Waals surface area contributed by atoms with Crippen LogP contribution >= 0.6 is 0 Å². The monoisotopic (exact) mass is 405 g/mol. The Morgan fingerprint density at radius 1 is 1.24 bits per heavy atom. The van der Waals surface area contributed by atoms with Crippen molar-refractivity contribution in [3.63, 3.8) is 0 Å². The molecule has 1 aromatic rings. The van der Waals surface area contributed by atoms with E-state index in [1.54, 1.807) is 7.11 Å². The second kappa shape index (κ2) is 10.9. The first kappa shape index (κ1) is 22.0. The van der Waals surface area contributed by atoms with E-state index in [-0.39, 0.29) is 11.7 Å². The Bertz CT molecular complexity index is 662. The van der Waals surface area contributed by atoms with Crippen LogP contribution < -0.4 is 10.1 Å². The van der Waals surface area contributed by atoms with Crippen LogP contribution in [0.15, 0.2) is 18.2 Å². The molecular formula is C23H36FN3O2. The van der Waals surface area contributed by atoms with Crippen molar-refractivity contribution in [1.29, 1.82) is 0 Å². The van der Waals surface area contributed by atoms with Gasteiger partial charge < -0.3 is 10.1 Å². The van der Waals surface area contributed by atoms with E-state index >= 15 is 0 Å². The standard InChI is InChI=1S/C23H36FN3O2/c1-3-27-12-4-5-20(27)16-25-23(28)9-6-18-10-13-26(14-11-18)17-19-7-8-21(29-2)15-22(19)24/h7-8,15,18,20H,3-6,9-14,16-17H2,1-2H3,(H,25,28). The van der Waals surface area contributed by atoms with Gasteiger partial charge in [0.15, 0.2) is 0 Å². The molecule has 5 nitrogen and oxygen atoms in total. The van der Waals surface area contributed by atoms with Crippen molar-refractivity contribution in [2.24, 2.45) is 5.92 Å². The van der Waals surface area contributed by atoms with Gasteiger partial charge in [-0.25, -0.2) is 4.39 Å². The highest BCUT2D eigenvalue weighted by atomic mass is 19.1. The van der Waals surface area contributed by atoms with Crippen molar-refractivity contribution in [2.45, 2.75) is 58.0 Å². The summed E-state index contributed by atoms with van der Waals surface area (Å²) in [6.07, 6.45) is 6.18. The highest BCUT2D eigenvalue weighted by molar-refractivity contribution is 5.75. The number of likely N-dealkylation sites (tertiary alicyclic amines) is 2. The van der Waals surface area contributed by atoms with Gasteiger partial charge in [-0.2, -0.15) is 0 Å². The zero-order chi connectivity index (χ0) is 20.6. The molecule has 1 aromatic carbocycles. The lowest BCUT2D eigenvalue weighted by atomic mass is 9.92. The number of halogens is 1. The Morgan fingerprint density at radius 3 is 2.72 bits per heavy atom. The van der Waals surface area contributed by atoms with Crippen LogP contribution in [0.4, 0.5) is 4.39 Å². The van der Waals surface area contributed by atoms with Crippen molar-refractivity contribution in [3.05, 3.63) is 29.6 Å². The normalized spacial score (nSPS) is 21.4. The van der Waals surface area contributed by atoms with Crippen molar-refractivity contribution in [2.75, 3.05) is 39.8 Å². The summed E-state index contributed by atoms with van der Waals surface area (Å²) in [7, 11) is 1.55. The fraction of sp³-hybridized carbons (Fsp3) is 0.696. The number of nitrogens with one attached hydrogen (secondary N) is 1. The molecule has 1 unspecified atom stereocenters. The lowest BCUT2D eigenvalue weighted by Crippen LogP contribution is -2.40. The smallest absolute Gasteiger partial charge is 0.220 e. The Morgan fingerprint density at radius 2 is 2.03 bits per heavy atom. The SMILES string of the molecule is CCN1CCCC1CNC(=O)CCC1CCN(Cc2ccc(OC)cc2F)CC1. The largest absolute Gasteiger partial charge is 0.497 e. The number of hydrogen-bond acceptors (Lipinski definition) is 4. The zero-order valence-electron chi connectivity index (χ0n) is 18.0. The Kier molecular flexibility index (Phi) is 8.30. The molecule has 0 radical (unpaired) electrons. The number of carbonyl (C=O) groups excluding carboxylic acids is 1. The van der Waals surface area contributed by atoms with E-state index in [4.69, 9.17) is 4.74 Å². The molecule has 2 saturated heterocycles. The van der Waals surface area contributed by atoms with Crippen LogP contribution in [0.3, 0.4) is 0 Å². The van der Waals surface area contributed by atoms with E-state index in [1.807, 2.05) is 12.1 Å². The predicted molar refractivity (Wildman–Crippen MR) is 113 cm³/mol. The van der Waals surface area contributed by atoms with E-state index in [0.717, 1.165) is 57.5 Å². The fourth-order valence-electron chi connectivity index (χ4n) is 4.66. The molecule has 1 N–H and O–H groups in total.